The lowest BCUT2D eigenvalue weighted by Gasteiger charge is -2.35. The predicted molar refractivity (Wildman–Crippen MR) is 383 cm³/mol. The summed E-state index contributed by atoms with van der Waals surface area (Å²) in [6, 6.07) is 48.8. The second kappa shape index (κ2) is 24.6. The molecule has 7 aromatic carbocycles. The smallest absolute Gasteiger partial charge is 0.168 e. The third-order valence-corrected chi connectivity index (χ3v) is 17.2. The molecule has 0 aliphatic carbocycles. The van der Waals surface area contributed by atoms with Gasteiger partial charge < -0.3 is 18.9 Å². The first-order chi connectivity index (χ1) is 46.3. The molecule has 7 aromatic heterocycles. The monoisotopic (exact) mass is 1260 g/mol. The number of aromatic nitrogens is 17. The van der Waals surface area contributed by atoms with E-state index < -0.39 is 0 Å². The maximum atomic E-state index is 5.91. The second-order valence-electron chi connectivity index (χ2n) is 24.8. The highest BCUT2D eigenvalue weighted by Crippen LogP contribution is 2.46. The molecule has 19 nitrogen and oxygen atoms in total. The minimum Gasteiger partial charge on any atom is -0.366 e. The molecule has 0 spiro atoms. The fraction of sp³-hybridized carbons (Fsp3) is 0.208. The number of rotatable bonds is 15. The van der Waals surface area contributed by atoms with E-state index in [1.54, 1.807) is 0 Å². The van der Waals surface area contributed by atoms with Crippen LogP contribution in [0.3, 0.4) is 0 Å². The van der Waals surface area contributed by atoms with Gasteiger partial charge in [0.05, 0.1) is 55.9 Å². The maximum absolute atomic E-state index is 5.91. The number of nitrogens with zero attached hydrogens (tertiary/aromatic N) is 19. The minimum absolute atomic E-state index is 0.0444. The predicted octanol–water partition coefficient (Wildman–Crippen LogP) is 16.1. The molecule has 474 valence electrons. The molecule has 0 amide bonds. The Morgan fingerprint density at radius 2 is 0.667 bits per heavy atom. The van der Waals surface area contributed by atoms with Crippen LogP contribution in [0.25, 0.3) is 135 Å². The average molecular weight is 1260 g/mol. The van der Waals surface area contributed by atoms with Gasteiger partial charge in [-0.15, -0.1) is 0 Å². The number of likely N-dealkylation sites (N-methyl/N-ethyl adjacent to an activating group) is 1. The van der Waals surface area contributed by atoms with E-state index in [9.17, 15) is 0 Å². The molecule has 0 saturated heterocycles. The van der Waals surface area contributed by atoms with Gasteiger partial charge in [0, 0.05) is 74.2 Å². The highest BCUT2D eigenvalue weighted by atomic mass is 15.2. The van der Waals surface area contributed by atoms with E-state index >= 15 is 0 Å². The molecule has 0 N–H and O–H groups in total. The van der Waals surface area contributed by atoms with Gasteiger partial charge in [-0.25, -0.2) is 74.8 Å². The van der Waals surface area contributed by atoms with Crippen LogP contribution in [0.2, 0.25) is 0 Å². The largest absolute Gasteiger partial charge is 0.366 e. The van der Waals surface area contributed by atoms with E-state index in [0.29, 0.717) is 87.4 Å². The molecule has 0 unspecified atom stereocenters. The molecule has 0 bridgehead atoms. The molecule has 19 heteroatoms. The summed E-state index contributed by atoms with van der Waals surface area (Å²) in [6.45, 7) is 30.7. The van der Waals surface area contributed by atoms with E-state index in [1.165, 1.54) is 0 Å². The first kappa shape index (κ1) is 61.8. The summed E-state index contributed by atoms with van der Waals surface area (Å²) < 4.78 is 4.64. The van der Waals surface area contributed by atoms with Crippen molar-refractivity contribution in [1.82, 2.24) is 83.9 Å². The van der Waals surface area contributed by atoms with Crippen LogP contribution in [0.4, 0.5) is 11.4 Å². The average Bonchev–Trinajstić information content (AvgIpc) is 1.52. The molecule has 0 aliphatic rings. The van der Waals surface area contributed by atoms with Gasteiger partial charge in [0.2, 0.25) is 0 Å². The molecule has 7 heterocycles. The Hall–Kier alpha value is -11.7. The lowest BCUT2D eigenvalue weighted by Crippen LogP contribution is -2.37. The highest BCUT2D eigenvalue weighted by molar-refractivity contribution is 6.14. The summed E-state index contributed by atoms with van der Waals surface area (Å²) in [5.74, 6) is 8.83. The lowest BCUT2D eigenvalue weighted by atomic mass is 10.0. The number of hydrogen-bond acceptors (Lipinski definition) is 17. The van der Waals surface area contributed by atoms with Gasteiger partial charge in [0.1, 0.15) is 46.6 Å². The van der Waals surface area contributed by atoms with Gasteiger partial charge in [-0.1, -0.05) is 55.1 Å². The first-order valence-corrected chi connectivity index (χ1v) is 32.1. The Balaban J connectivity index is 1.09. The van der Waals surface area contributed by atoms with Crippen molar-refractivity contribution < 1.29 is 0 Å². The number of aryl methyl sites for hydroxylation is 8. The fourth-order valence-electron chi connectivity index (χ4n) is 13.4. The van der Waals surface area contributed by atoms with E-state index in [4.69, 9.17) is 54.8 Å². The molecule has 14 aromatic rings. The molecule has 0 fully saturated rings. The fourth-order valence-corrected chi connectivity index (χ4v) is 13.4. The molecule has 0 aliphatic heterocycles. The highest BCUT2D eigenvalue weighted by Gasteiger charge is 2.30. The van der Waals surface area contributed by atoms with Gasteiger partial charge in [-0.2, -0.15) is 0 Å². The van der Waals surface area contributed by atoms with Crippen molar-refractivity contribution in [3.05, 3.63) is 211 Å². The van der Waals surface area contributed by atoms with Gasteiger partial charge in [-0.05, 0) is 193 Å². The number of fused-ring (bicyclic) bond motifs is 6. The zero-order valence-electron chi connectivity index (χ0n) is 56.3. The topological polar surface area (TPSA) is 210 Å². The summed E-state index contributed by atoms with van der Waals surface area (Å²) >= 11 is 0. The van der Waals surface area contributed by atoms with Gasteiger partial charge >= 0.3 is 0 Å². The molecule has 14 rings (SSSR count). The number of allylic oxidation sites excluding steroid dienone is 2. The Labute approximate surface area is 556 Å². The summed E-state index contributed by atoms with van der Waals surface area (Å²) in [5, 5.41) is 3.84. The van der Waals surface area contributed by atoms with Crippen LogP contribution in [0.15, 0.2) is 164 Å². The summed E-state index contributed by atoms with van der Waals surface area (Å²) in [7, 11) is 2.04. The standard InChI is InChI=1S/C77H71N19/c1-16-22-43(6)93(15)65-25-20-27-67(95-61-33-29-53(72-82-44(7)78-45(8)83-72)37-57(61)58-38-54(30-34-62(58)95)73-84-46(9)79-47(10)85-73)69(65)76-90-71(52-23-18-17-19-24-52)91-77(92-76)70-66(94(41(2)3)42(4)5)26-21-28-68(70)96-63-35-31-55(74-86-48(11)80-49(12)87-74)39-59(63)60-40-56(32-36-64(60)96)75-88-50(13)81-51(14)89-75/h16-42H,6H2,1-5,7-15H3/b22-16-. The third kappa shape index (κ3) is 11.3. The van der Waals surface area contributed by atoms with E-state index in [0.717, 1.165) is 111 Å². The third-order valence-electron chi connectivity index (χ3n) is 17.2. The quantitative estimate of drug-likeness (QED) is 0.0874. The molecule has 0 atom stereocenters. The Kier molecular flexibility index (Phi) is 15.8. The summed E-state index contributed by atoms with van der Waals surface area (Å²) in [4.78, 5) is 78.6. The molecular weight excluding hydrogens is 1190 g/mol. The maximum Gasteiger partial charge on any atom is 0.168 e. The number of benzene rings is 7. The number of anilines is 2. The van der Waals surface area contributed by atoms with Crippen molar-refractivity contribution in [3.63, 3.8) is 0 Å². The van der Waals surface area contributed by atoms with E-state index in [1.807, 2.05) is 99.7 Å². The van der Waals surface area contributed by atoms with Crippen molar-refractivity contribution in [3.8, 4) is 91.1 Å². The number of hydrogen-bond donors (Lipinski definition) is 0. The van der Waals surface area contributed by atoms with Crippen LogP contribution in [-0.4, -0.2) is 103 Å². The second-order valence-corrected chi connectivity index (χ2v) is 24.8. The van der Waals surface area contributed by atoms with Crippen LogP contribution in [0, 0.1) is 55.4 Å². The van der Waals surface area contributed by atoms with Gasteiger partial charge in [-0.3, -0.25) is 0 Å². The van der Waals surface area contributed by atoms with Crippen molar-refractivity contribution >= 4 is 55.0 Å². The zero-order valence-corrected chi connectivity index (χ0v) is 56.3. The van der Waals surface area contributed by atoms with E-state index in [2.05, 4.69) is 194 Å². The Bertz CT molecular complexity index is 5190. The van der Waals surface area contributed by atoms with Crippen LogP contribution in [0.1, 0.15) is 81.2 Å². The van der Waals surface area contributed by atoms with Crippen LogP contribution < -0.4 is 9.80 Å². The Morgan fingerprint density at radius 1 is 0.354 bits per heavy atom. The normalized spacial score (nSPS) is 11.8. The molecule has 0 radical (unpaired) electrons. The van der Waals surface area contributed by atoms with Crippen molar-refractivity contribution in [1.29, 1.82) is 0 Å². The Morgan fingerprint density at radius 3 is 1.00 bits per heavy atom. The minimum atomic E-state index is 0.0444. The van der Waals surface area contributed by atoms with Gasteiger partial charge in [0.15, 0.2) is 40.8 Å². The van der Waals surface area contributed by atoms with Crippen LogP contribution in [-0.2, 0) is 0 Å². The van der Waals surface area contributed by atoms with Crippen molar-refractivity contribution in [2.45, 2.75) is 102 Å². The first-order valence-electron chi connectivity index (χ1n) is 32.1. The van der Waals surface area contributed by atoms with Gasteiger partial charge in [0.25, 0.3) is 0 Å². The van der Waals surface area contributed by atoms with E-state index in [-0.39, 0.29) is 12.1 Å². The van der Waals surface area contributed by atoms with Crippen molar-refractivity contribution in [2.75, 3.05) is 16.8 Å². The van der Waals surface area contributed by atoms with Crippen molar-refractivity contribution in [2.24, 2.45) is 0 Å². The van der Waals surface area contributed by atoms with Crippen LogP contribution in [0.5, 0.6) is 0 Å². The zero-order chi connectivity index (χ0) is 67.0. The van der Waals surface area contributed by atoms with Crippen LogP contribution >= 0.6 is 0 Å². The summed E-state index contributed by atoms with van der Waals surface area (Å²) in [5.41, 5.74) is 13.6. The molecule has 96 heavy (non-hydrogen) atoms. The SMILES string of the molecule is C=C(/C=C\C)N(C)c1cccc(-n2c3ccc(-c4nc(C)nc(C)n4)cc3c3cc(-c4nc(C)nc(C)n4)ccc32)c1-c1nc(-c2ccccc2)nc(-c2c(N(C(C)C)C(C)C)cccc2-n2c3ccc(-c4nc(C)nc(C)n4)cc3c3cc(-c4nc(C)nc(C)n4)ccc32)n1. The molecular formula is C77H71N19. The molecule has 0 saturated carbocycles. The summed E-state index contributed by atoms with van der Waals surface area (Å²) in [6.07, 6.45) is 4.01. The lowest BCUT2D eigenvalue weighted by molar-refractivity contribution is 0.608.